The molecule has 0 spiro atoms. The number of nitriles is 2. The lowest BCUT2D eigenvalue weighted by Crippen LogP contribution is -2.43. The summed E-state index contributed by atoms with van der Waals surface area (Å²) in [6.07, 6.45) is 1.70. The summed E-state index contributed by atoms with van der Waals surface area (Å²) in [4.78, 5) is 13.8. The molecule has 2 aliphatic heterocycles. The minimum atomic E-state index is -1.56. The van der Waals surface area contributed by atoms with Crippen LogP contribution in [-0.2, 0) is 4.79 Å². The number of carbonyl (C=O) groups excluding carboxylic acids is 1. The van der Waals surface area contributed by atoms with Gasteiger partial charge in [0.2, 0.25) is 0 Å². The highest BCUT2D eigenvalue weighted by Crippen LogP contribution is 2.60. The third-order valence-electron chi connectivity index (χ3n) is 6.55. The maximum atomic E-state index is 13.8. The Morgan fingerprint density at radius 3 is 2.33 bits per heavy atom. The molecule has 2 aromatic rings. The highest BCUT2D eigenvalue weighted by Gasteiger charge is 2.65. The molecule has 0 amide bonds. The topological polar surface area (TPSA) is 98.7 Å². The van der Waals surface area contributed by atoms with Crippen LogP contribution in [0.4, 0.5) is 0 Å². The summed E-state index contributed by atoms with van der Waals surface area (Å²) in [7, 11) is 3.07. The zero-order valence-electron chi connectivity index (χ0n) is 19.4. The first-order chi connectivity index (χ1) is 15.7. The average molecular weight is 443 g/mol. The van der Waals surface area contributed by atoms with Crippen molar-refractivity contribution in [3.63, 3.8) is 0 Å². The van der Waals surface area contributed by atoms with Crippen LogP contribution in [0.1, 0.15) is 49.4 Å². The van der Waals surface area contributed by atoms with Crippen molar-refractivity contribution in [1.29, 1.82) is 10.5 Å². The Morgan fingerprint density at radius 1 is 1.06 bits per heavy atom. The summed E-state index contributed by atoms with van der Waals surface area (Å²) in [6, 6.07) is 16.0. The molecule has 2 aromatic carbocycles. The number of carbonyl (C=O) groups is 1. The standard InChI is InChI=1S/C26H26N4O3/c1-25(2,3)24(31)22-21(16-10-11-19(32-4)20(12-16)33-5)26(14-27,15-28)23-18-9-7-6-8-17(18)13-29-30(22)23/h6-13,21-23H,1-5H3/t21-,22+,23+/m1/s1. The maximum Gasteiger partial charge on any atom is 0.178 e. The van der Waals surface area contributed by atoms with E-state index in [1.165, 1.54) is 7.11 Å². The number of methoxy groups -OCH3 is 2. The summed E-state index contributed by atoms with van der Waals surface area (Å²) in [5.41, 5.74) is 0.0329. The van der Waals surface area contributed by atoms with Crippen molar-refractivity contribution in [3.8, 4) is 23.6 Å². The van der Waals surface area contributed by atoms with Gasteiger partial charge in [0, 0.05) is 11.3 Å². The van der Waals surface area contributed by atoms with E-state index in [-0.39, 0.29) is 5.78 Å². The van der Waals surface area contributed by atoms with Gasteiger partial charge in [-0.3, -0.25) is 9.80 Å². The molecule has 7 heteroatoms. The molecule has 0 unspecified atom stereocenters. The Balaban J connectivity index is 2.02. The van der Waals surface area contributed by atoms with Crippen molar-refractivity contribution in [1.82, 2.24) is 5.01 Å². The molecule has 2 heterocycles. The molecule has 168 valence electrons. The lowest BCUT2D eigenvalue weighted by molar-refractivity contribution is -0.131. The molecule has 7 nitrogen and oxygen atoms in total. The molecule has 0 N–H and O–H groups in total. The number of Topliss-reactive ketones (excluding diaryl/α,β-unsaturated/α-hetero) is 1. The van der Waals surface area contributed by atoms with E-state index in [2.05, 4.69) is 17.2 Å². The zero-order chi connectivity index (χ0) is 24.0. The van der Waals surface area contributed by atoms with Crippen LogP contribution < -0.4 is 9.47 Å². The van der Waals surface area contributed by atoms with Crippen molar-refractivity contribution in [3.05, 3.63) is 59.2 Å². The number of benzene rings is 2. The normalized spacial score (nSPS) is 22.5. The van der Waals surface area contributed by atoms with E-state index in [0.29, 0.717) is 17.1 Å². The fourth-order valence-electron chi connectivity index (χ4n) is 4.97. The van der Waals surface area contributed by atoms with Crippen molar-refractivity contribution in [2.24, 2.45) is 15.9 Å². The first-order valence-corrected chi connectivity index (χ1v) is 10.7. The number of rotatable bonds is 4. The number of hydrazone groups is 1. The summed E-state index contributed by atoms with van der Waals surface area (Å²) >= 11 is 0. The average Bonchev–Trinajstić information content (AvgIpc) is 3.13. The quantitative estimate of drug-likeness (QED) is 0.703. The largest absolute Gasteiger partial charge is 0.493 e. The monoisotopic (exact) mass is 442 g/mol. The molecule has 33 heavy (non-hydrogen) atoms. The summed E-state index contributed by atoms with van der Waals surface area (Å²) in [6.45, 7) is 5.53. The zero-order valence-corrected chi connectivity index (χ0v) is 19.4. The molecule has 0 saturated carbocycles. The van der Waals surface area contributed by atoms with E-state index >= 15 is 0 Å². The first kappa shape index (κ1) is 22.4. The number of ether oxygens (including phenoxy) is 2. The van der Waals surface area contributed by atoms with Gasteiger partial charge in [-0.1, -0.05) is 51.1 Å². The Labute approximate surface area is 193 Å². The van der Waals surface area contributed by atoms with E-state index in [0.717, 1.165) is 11.1 Å². The van der Waals surface area contributed by atoms with Crippen molar-refractivity contribution in [2.75, 3.05) is 14.2 Å². The fourth-order valence-corrected chi connectivity index (χ4v) is 4.97. The second-order valence-corrected chi connectivity index (χ2v) is 9.40. The Kier molecular flexibility index (Phi) is 5.38. The molecule has 0 aromatic heterocycles. The van der Waals surface area contributed by atoms with Crippen LogP contribution in [0.2, 0.25) is 0 Å². The molecular weight excluding hydrogens is 416 g/mol. The fraction of sp³-hybridized carbons (Fsp3) is 0.385. The van der Waals surface area contributed by atoms with Crippen molar-refractivity contribution in [2.45, 2.75) is 38.8 Å². The minimum absolute atomic E-state index is 0.0869. The van der Waals surface area contributed by atoms with Gasteiger partial charge >= 0.3 is 0 Å². The third-order valence-corrected chi connectivity index (χ3v) is 6.55. The Hall–Kier alpha value is -3.84. The van der Waals surface area contributed by atoms with E-state index in [9.17, 15) is 15.3 Å². The van der Waals surface area contributed by atoms with Gasteiger partial charge in [0.05, 0.1) is 32.6 Å². The third kappa shape index (κ3) is 3.24. The molecule has 0 aliphatic carbocycles. The van der Waals surface area contributed by atoms with Crippen LogP contribution in [0.25, 0.3) is 0 Å². The second-order valence-electron chi connectivity index (χ2n) is 9.40. The van der Waals surface area contributed by atoms with Gasteiger partial charge in [0.25, 0.3) is 0 Å². The van der Waals surface area contributed by atoms with E-state index in [4.69, 9.17) is 9.47 Å². The van der Waals surface area contributed by atoms with Gasteiger partial charge in [-0.05, 0) is 28.8 Å². The number of hydrogen-bond donors (Lipinski definition) is 0. The smallest absolute Gasteiger partial charge is 0.178 e. The number of nitrogens with zero attached hydrogens (tertiary/aromatic N) is 4. The van der Waals surface area contributed by atoms with E-state index < -0.39 is 28.8 Å². The molecule has 3 atom stereocenters. The molecule has 2 aliphatic rings. The number of hydrogen-bond acceptors (Lipinski definition) is 7. The van der Waals surface area contributed by atoms with Crippen LogP contribution in [0.5, 0.6) is 11.5 Å². The Morgan fingerprint density at radius 2 is 1.73 bits per heavy atom. The van der Waals surface area contributed by atoms with Crippen molar-refractivity contribution >= 4 is 12.0 Å². The van der Waals surface area contributed by atoms with Gasteiger partial charge < -0.3 is 9.47 Å². The molecule has 4 rings (SSSR count). The van der Waals surface area contributed by atoms with Gasteiger partial charge in [0.1, 0.15) is 12.1 Å². The van der Waals surface area contributed by atoms with Crippen LogP contribution in [0.3, 0.4) is 0 Å². The van der Waals surface area contributed by atoms with Crippen LogP contribution >= 0.6 is 0 Å². The molecule has 1 fully saturated rings. The van der Waals surface area contributed by atoms with Crippen molar-refractivity contribution < 1.29 is 14.3 Å². The lowest BCUT2D eigenvalue weighted by atomic mass is 9.66. The highest BCUT2D eigenvalue weighted by atomic mass is 16.5. The maximum absolute atomic E-state index is 13.8. The highest BCUT2D eigenvalue weighted by molar-refractivity contribution is 5.92. The summed E-state index contributed by atoms with van der Waals surface area (Å²) in [5.74, 6) is 0.151. The van der Waals surface area contributed by atoms with Gasteiger partial charge in [-0.2, -0.15) is 15.6 Å². The lowest BCUT2D eigenvalue weighted by Gasteiger charge is -2.34. The predicted molar refractivity (Wildman–Crippen MR) is 123 cm³/mol. The molecular formula is C26H26N4O3. The van der Waals surface area contributed by atoms with Crippen LogP contribution in [0, 0.1) is 33.5 Å². The van der Waals surface area contributed by atoms with Gasteiger partial charge in [-0.15, -0.1) is 0 Å². The summed E-state index contributed by atoms with van der Waals surface area (Å²) < 4.78 is 10.9. The van der Waals surface area contributed by atoms with E-state index in [1.807, 2.05) is 45.0 Å². The Bertz CT molecular complexity index is 1200. The summed E-state index contributed by atoms with van der Waals surface area (Å²) in [5, 5.41) is 27.3. The molecule has 0 radical (unpaired) electrons. The van der Waals surface area contributed by atoms with Gasteiger partial charge in [0.15, 0.2) is 22.7 Å². The van der Waals surface area contributed by atoms with Crippen LogP contribution in [-0.4, -0.2) is 37.3 Å². The second kappa shape index (κ2) is 7.94. The first-order valence-electron chi connectivity index (χ1n) is 10.7. The van der Waals surface area contributed by atoms with E-state index in [1.54, 1.807) is 36.5 Å². The minimum Gasteiger partial charge on any atom is -0.493 e. The van der Waals surface area contributed by atoms with Crippen LogP contribution in [0.15, 0.2) is 47.6 Å². The number of fused-ring (bicyclic) bond motifs is 3. The molecule has 1 saturated heterocycles. The molecule has 0 bridgehead atoms. The van der Waals surface area contributed by atoms with Gasteiger partial charge in [-0.25, -0.2) is 0 Å². The predicted octanol–water partition coefficient (Wildman–Crippen LogP) is 4.21. The number of ketones is 1. The SMILES string of the molecule is COc1ccc([C@@H]2[C@@H](C(=O)C(C)(C)C)N3N=Cc4ccccc4[C@H]3C2(C#N)C#N)cc1OC.